The van der Waals surface area contributed by atoms with E-state index in [1.807, 2.05) is 78.9 Å². The van der Waals surface area contributed by atoms with Gasteiger partial charge in [0.05, 0.1) is 13.0 Å². The van der Waals surface area contributed by atoms with Gasteiger partial charge in [-0.2, -0.15) is 0 Å². The van der Waals surface area contributed by atoms with Gasteiger partial charge in [-0.15, -0.1) is 0 Å². The van der Waals surface area contributed by atoms with Crippen molar-refractivity contribution in [3.63, 3.8) is 0 Å². The van der Waals surface area contributed by atoms with Crippen LogP contribution in [0.15, 0.2) is 152 Å². The number of hydrogen-bond donors (Lipinski definition) is 1. The van der Waals surface area contributed by atoms with E-state index in [-0.39, 0.29) is 19.8 Å². The van der Waals surface area contributed by atoms with Crippen molar-refractivity contribution in [1.29, 1.82) is 0 Å². The molecule has 272 valence electrons. The lowest BCUT2D eigenvalue weighted by atomic mass is 10.0. The fourth-order valence-corrected chi connectivity index (χ4v) is 5.29. The number of nitrogens with one attached hydrogen (secondary N) is 1. The molecule has 1 aliphatic rings. The van der Waals surface area contributed by atoms with Gasteiger partial charge in [-0.25, -0.2) is 4.79 Å². The number of benzene rings is 3. The maximum absolute atomic E-state index is 13.7. The smallest absolute Gasteiger partial charge is 0.333 e. The molecule has 1 N–H and O–H groups in total. The van der Waals surface area contributed by atoms with Crippen molar-refractivity contribution in [2.45, 2.75) is 77.2 Å². The SMILES string of the molecule is CC/C=C\C/C=C\C/C=C\C/C=C\C/C=C\C/C=C\CC(=O)OC(=O)[C@@H](NCc1ccccc1)[C@H](OCc1ccccc1)c1ccc2c(c1)OCO2. The van der Waals surface area contributed by atoms with Crippen molar-refractivity contribution in [1.82, 2.24) is 5.32 Å². The van der Waals surface area contributed by atoms with Gasteiger partial charge in [0.2, 0.25) is 6.79 Å². The summed E-state index contributed by atoms with van der Waals surface area (Å²) >= 11 is 0. The minimum atomic E-state index is -1.00. The van der Waals surface area contributed by atoms with Crippen LogP contribution in [0.1, 0.15) is 74.7 Å². The summed E-state index contributed by atoms with van der Waals surface area (Å²) in [5.74, 6) is -0.171. The maximum atomic E-state index is 13.7. The number of ether oxygens (including phenoxy) is 4. The molecule has 0 saturated heterocycles. The third-order valence-electron chi connectivity index (χ3n) is 8.02. The molecule has 0 saturated carbocycles. The molecular weight excluding hydrogens is 650 g/mol. The average molecular weight is 702 g/mol. The molecule has 0 aromatic heterocycles. The van der Waals surface area contributed by atoms with Crippen LogP contribution in [0.25, 0.3) is 0 Å². The number of esters is 2. The highest BCUT2D eigenvalue weighted by Crippen LogP contribution is 2.36. The minimum absolute atomic E-state index is 0.0264. The Morgan fingerprint density at radius 3 is 1.81 bits per heavy atom. The maximum Gasteiger partial charge on any atom is 0.333 e. The van der Waals surface area contributed by atoms with Crippen molar-refractivity contribution in [2.24, 2.45) is 0 Å². The van der Waals surface area contributed by atoms with E-state index >= 15 is 0 Å². The molecule has 0 amide bonds. The molecule has 4 rings (SSSR count). The van der Waals surface area contributed by atoms with Crippen LogP contribution in [0.2, 0.25) is 0 Å². The molecule has 0 bridgehead atoms. The summed E-state index contributed by atoms with van der Waals surface area (Å²) in [7, 11) is 0. The van der Waals surface area contributed by atoms with Gasteiger partial charge in [-0.1, -0.05) is 147 Å². The number of carbonyl (C=O) groups is 2. The molecule has 0 unspecified atom stereocenters. The summed E-state index contributed by atoms with van der Waals surface area (Å²) in [6, 6.07) is 23.9. The normalized spacial score (nSPS) is 14.1. The Morgan fingerprint density at radius 2 is 1.21 bits per heavy atom. The van der Waals surface area contributed by atoms with E-state index in [0.29, 0.717) is 30.0 Å². The Labute approximate surface area is 309 Å². The van der Waals surface area contributed by atoms with E-state index in [9.17, 15) is 9.59 Å². The predicted molar refractivity (Wildman–Crippen MR) is 208 cm³/mol. The van der Waals surface area contributed by atoms with Crippen molar-refractivity contribution in [3.05, 3.63) is 168 Å². The second-order valence-corrected chi connectivity index (χ2v) is 12.1. The highest BCUT2D eigenvalue weighted by molar-refractivity contribution is 5.89. The summed E-state index contributed by atoms with van der Waals surface area (Å²) in [5, 5.41) is 3.31. The standard InChI is InChI=1S/C45H51NO6/c1-2-3-4-5-6-7-8-9-10-11-12-13-14-15-16-17-18-25-30-42(47)52-45(48)43(46-34-37-26-21-19-22-27-37)44(49-35-38-28-23-20-24-29-38)39-31-32-40-41(33-39)51-36-50-40/h3-4,6-7,9-10,12-13,15-16,18-29,31-33,43-44,46H,2,5,8,11,14,17,30,34-36H2,1H3/b4-3-,7-6-,10-9-,13-12-,16-15-,25-18-/t43-,44+/m0/s1. The van der Waals surface area contributed by atoms with Crippen LogP contribution in [0.4, 0.5) is 0 Å². The van der Waals surface area contributed by atoms with Crippen LogP contribution in [-0.4, -0.2) is 24.8 Å². The van der Waals surface area contributed by atoms with Crippen LogP contribution in [0.3, 0.4) is 0 Å². The summed E-state index contributed by atoms with van der Waals surface area (Å²) < 4.78 is 23.0. The highest BCUT2D eigenvalue weighted by Gasteiger charge is 2.34. The molecule has 0 radical (unpaired) electrons. The predicted octanol–water partition coefficient (Wildman–Crippen LogP) is 9.99. The fraction of sp³-hybridized carbons (Fsp3) is 0.289. The molecule has 1 heterocycles. The Kier molecular flexibility index (Phi) is 18.3. The molecule has 0 spiro atoms. The Hall–Kier alpha value is -5.24. The average Bonchev–Trinajstić information content (AvgIpc) is 3.64. The molecule has 7 heteroatoms. The molecule has 0 fully saturated rings. The van der Waals surface area contributed by atoms with Crippen molar-refractivity contribution in [3.8, 4) is 11.5 Å². The third kappa shape index (κ3) is 14.9. The number of fused-ring (bicyclic) bond motifs is 1. The van der Waals surface area contributed by atoms with Gasteiger partial charge in [-0.3, -0.25) is 10.1 Å². The van der Waals surface area contributed by atoms with Gasteiger partial charge in [0.15, 0.2) is 11.5 Å². The zero-order valence-electron chi connectivity index (χ0n) is 30.1. The topological polar surface area (TPSA) is 83.1 Å². The lowest BCUT2D eigenvalue weighted by Crippen LogP contribution is -2.44. The number of carbonyl (C=O) groups excluding carboxylic acids is 2. The molecule has 3 aromatic rings. The van der Waals surface area contributed by atoms with Gasteiger partial charge in [0.25, 0.3) is 0 Å². The van der Waals surface area contributed by atoms with Gasteiger partial charge in [0, 0.05) is 6.54 Å². The van der Waals surface area contributed by atoms with Crippen LogP contribution in [0, 0.1) is 0 Å². The van der Waals surface area contributed by atoms with Gasteiger partial charge < -0.3 is 18.9 Å². The number of hydrogen-bond acceptors (Lipinski definition) is 7. The van der Waals surface area contributed by atoms with Crippen molar-refractivity contribution < 1.29 is 28.5 Å². The second kappa shape index (κ2) is 24.0. The zero-order valence-corrected chi connectivity index (χ0v) is 30.1. The third-order valence-corrected chi connectivity index (χ3v) is 8.02. The van der Waals surface area contributed by atoms with Crippen LogP contribution in [-0.2, 0) is 32.2 Å². The van der Waals surface area contributed by atoms with E-state index in [2.05, 4.69) is 73.0 Å². The summed E-state index contributed by atoms with van der Waals surface area (Å²) in [4.78, 5) is 26.6. The Morgan fingerprint density at radius 1 is 0.673 bits per heavy atom. The van der Waals surface area contributed by atoms with Gasteiger partial charge >= 0.3 is 11.9 Å². The van der Waals surface area contributed by atoms with E-state index in [1.54, 1.807) is 12.1 Å². The van der Waals surface area contributed by atoms with E-state index in [0.717, 1.165) is 43.2 Å². The van der Waals surface area contributed by atoms with Crippen LogP contribution < -0.4 is 14.8 Å². The van der Waals surface area contributed by atoms with E-state index in [4.69, 9.17) is 18.9 Å². The van der Waals surface area contributed by atoms with Crippen molar-refractivity contribution in [2.75, 3.05) is 6.79 Å². The zero-order chi connectivity index (χ0) is 36.5. The van der Waals surface area contributed by atoms with Crippen LogP contribution >= 0.6 is 0 Å². The molecule has 7 nitrogen and oxygen atoms in total. The Balaban J connectivity index is 1.29. The lowest BCUT2D eigenvalue weighted by molar-refractivity contribution is -0.163. The first kappa shape index (κ1) is 39.5. The van der Waals surface area contributed by atoms with E-state index in [1.165, 1.54) is 0 Å². The van der Waals surface area contributed by atoms with E-state index < -0.39 is 24.1 Å². The minimum Gasteiger partial charge on any atom is -0.454 e. The summed E-state index contributed by atoms with van der Waals surface area (Å²) in [5.41, 5.74) is 2.60. The quantitative estimate of drug-likeness (QED) is 0.0634. The fourth-order valence-electron chi connectivity index (χ4n) is 5.29. The molecule has 0 aliphatic carbocycles. The molecule has 2 atom stereocenters. The number of rotatable bonds is 22. The summed E-state index contributed by atoms with van der Waals surface area (Å²) in [6.07, 6.45) is 29.8. The first-order chi connectivity index (χ1) is 25.6. The molecular formula is C45H51NO6. The first-order valence-electron chi connectivity index (χ1n) is 18.1. The number of allylic oxidation sites excluding steroid dienone is 11. The molecule has 52 heavy (non-hydrogen) atoms. The van der Waals surface area contributed by atoms with Crippen LogP contribution in [0.5, 0.6) is 11.5 Å². The van der Waals surface area contributed by atoms with Gasteiger partial charge in [-0.05, 0) is 67.3 Å². The van der Waals surface area contributed by atoms with Gasteiger partial charge in [0.1, 0.15) is 12.1 Å². The summed E-state index contributed by atoms with van der Waals surface area (Å²) in [6.45, 7) is 2.86. The lowest BCUT2D eigenvalue weighted by Gasteiger charge is -2.27. The molecule has 3 aromatic carbocycles. The monoisotopic (exact) mass is 701 g/mol. The molecule has 1 aliphatic heterocycles. The highest BCUT2D eigenvalue weighted by atomic mass is 16.7. The first-order valence-corrected chi connectivity index (χ1v) is 18.1. The van der Waals surface area contributed by atoms with Crippen molar-refractivity contribution >= 4 is 11.9 Å². The largest absolute Gasteiger partial charge is 0.454 e. The second-order valence-electron chi connectivity index (χ2n) is 12.1. The Bertz CT molecular complexity index is 1670.